The second kappa shape index (κ2) is 8.95. The summed E-state index contributed by atoms with van der Waals surface area (Å²) in [4.78, 5) is 28.5. The average Bonchev–Trinajstić information content (AvgIpc) is 3.44. The van der Waals surface area contributed by atoms with E-state index >= 15 is 0 Å². The summed E-state index contributed by atoms with van der Waals surface area (Å²) < 4.78 is 5.12. The molecule has 0 spiro atoms. The standard InChI is InChI=1S/C28H30N6O2/c1-17-10-18(2)12-22(11-17)30-27-29-14-21-15-34(16-25(21)31-27)23-6-8-33(9-7-23)19(3)20-4-5-26-24(13-20)32-28(35)36-26/h4-5,10-14,23H,3,6-9,15-16H2,1-2H3,(H,32,35)(H,29,30,31). The minimum absolute atomic E-state index is 0.432. The van der Waals surface area contributed by atoms with Crippen molar-refractivity contribution in [2.75, 3.05) is 18.4 Å². The number of aromatic nitrogens is 3. The molecular weight excluding hydrogens is 452 g/mol. The number of hydrogen-bond acceptors (Lipinski definition) is 7. The van der Waals surface area contributed by atoms with Crippen LogP contribution in [0.25, 0.3) is 16.8 Å². The van der Waals surface area contributed by atoms with Crippen molar-refractivity contribution in [3.63, 3.8) is 0 Å². The number of benzene rings is 2. The van der Waals surface area contributed by atoms with Crippen molar-refractivity contribution in [1.29, 1.82) is 0 Å². The highest BCUT2D eigenvalue weighted by atomic mass is 16.4. The van der Waals surface area contributed by atoms with E-state index in [0.717, 1.165) is 61.7 Å². The first-order chi connectivity index (χ1) is 17.4. The van der Waals surface area contributed by atoms with Gasteiger partial charge in [-0.05, 0) is 73.7 Å². The van der Waals surface area contributed by atoms with E-state index in [9.17, 15) is 4.79 Å². The van der Waals surface area contributed by atoms with Gasteiger partial charge in [-0.2, -0.15) is 0 Å². The van der Waals surface area contributed by atoms with Gasteiger partial charge in [0.1, 0.15) is 0 Å². The molecule has 8 heteroatoms. The number of nitrogens with one attached hydrogen (secondary N) is 2. The zero-order valence-corrected chi connectivity index (χ0v) is 20.7. The van der Waals surface area contributed by atoms with Crippen LogP contribution in [0.4, 0.5) is 11.6 Å². The first kappa shape index (κ1) is 22.5. The molecule has 2 aromatic carbocycles. The zero-order valence-electron chi connectivity index (χ0n) is 20.7. The van der Waals surface area contributed by atoms with E-state index in [0.29, 0.717) is 23.1 Å². The van der Waals surface area contributed by atoms with Crippen LogP contribution in [-0.2, 0) is 13.1 Å². The number of likely N-dealkylation sites (tertiary alicyclic amines) is 1. The summed E-state index contributed by atoms with van der Waals surface area (Å²) >= 11 is 0. The van der Waals surface area contributed by atoms with Crippen molar-refractivity contribution in [2.24, 2.45) is 0 Å². The maximum absolute atomic E-state index is 11.5. The van der Waals surface area contributed by atoms with Crippen molar-refractivity contribution in [3.05, 3.63) is 87.7 Å². The van der Waals surface area contributed by atoms with E-state index in [4.69, 9.17) is 9.40 Å². The Bertz CT molecular complexity index is 1490. The Morgan fingerprint density at radius 3 is 2.67 bits per heavy atom. The molecule has 0 atom stereocenters. The number of oxazole rings is 1. The fourth-order valence-corrected chi connectivity index (χ4v) is 5.49. The second-order valence-corrected chi connectivity index (χ2v) is 9.96. The summed E-state index contributed by atoms with van der Waals surface area (Å²) in [6, 6.07) is 12.6. The lowest BCUT2D eigenvalue weighted by Gasteiger charge is -2.38. The van der Waals surface area contributed by atoms with Crippen molar-refractivity contribution >= 4 is 28.4 Å². The number of aromatic amines is 1. The molecule has 2 aromatic heterocycles. The van der Waals surface area contributed by atoms with Gasteiger partial charge in [-0.1, -0.05) is 12.6 Å². The number of nitrogens with zero attached hydrogens (tertiary/aromatic N) is 4. The highest BCUT2D eigenvalue weighted by Gasteiger charge is 2.30. The minimum Gasteiger partial charge on any atom is -0.408 e. The van der Waals surface area contributed by atoms with E-state index in [1.54, 1.807) is 0 Å². The highest BCUT2D eigenvalue weighted by Crippen LogP contribution is 2.31. The Morgan fingerprint density at radius 1 is 1.11 bits per heavy atom. The van der Waals surface area contributed by atoms with Gasteiger partial charge >= 0.3 is 5.76 Å². The summed E-state index contributed by atoms with van der Waals surface area (Å²) in [5.74, 6) is 0.223. The van der Waals surface area contributed by atoms with Crippen LogP contribution in [0.3, 0.4) is 0 Å². The van der Waals surface area contributed by atoms with Gasteiger partial charge < -0.3 is 14.6 Å². The average molecular weight is 483 g/mol. The number of piperidine rings is 1. The summed E-state index contributed by atoms with van der Waals surface area (Å²) in [6.45, 7) is 12.2. The molecule has 0 radical (unpaired) electrons. The van der Waals surface area contributed by atoms with Gasteiger partial charge in [0.2, 0.25) is 5.95 Å². The molecule has 2 N–H and O–H groups in total. The first-order valence-electron chi connectivity index (χ1n) is 12.4. The van der Waals surface area contributed by atoms with Crippen LogP contribution in [0.15, 0.2) is 58.4 Å². The maximum Gasteiger partial charge on any atom is 0.417 e. The van der Waals surface area contributed by atoms with Crippen LogP contribution in [0.5, 0.6) is 0 Å². The fourth-order valence-electron chi connectivity index (χ4n) is 5.49. The van der Waals surface area contributed by atoms with Crippen LogP contribution in [0.1, 0.15) is 40.8 Å². The third-order valence-corrected chi connectivity index (χ3v) is 7.27. The van der Waals surface area contributed by atoms with Gasteiger partial charge in [-0.3, -0.25) is 9.88 Å². The third-order valence-electron chi connectivity index (χ3n) is 7.27. The summed E-state index contributed by atoms with van der Waals surface area (Å²) in [7, 11) is 0. The number of H-pyrrole nitrogens is 1. The van der Waals surface area contributed by atoms with E-state index in [1.807, 2.05) is 24.4 Å². The van der Waals surface area contributed by atoms with Gasteiger partial charge in [0, 0.05) is 55.4 Å². The molecule has 6 rings (SSSR count). The Labute approximate surface area is 209 Å². The van der Waals surface area contributed by atoms with Crippen molar-refractivity contribution in [3.8, 4) is 0 Å². The van der Waals surface area contributed by atoms with E-state index in [-0.39, 0.29) is 0 Å². The Kier molecular flexibility index (Phi) is 5.60. The number of aryl methyl sites for hydroxylation is 2. The van der Waals surface area contributed by atoms with E-state index in [1.165, 1.54) is 16.7 Å². The molecular formula is C28H30N6O2. The topological polar surface area (TPSA) is 90.3 Å². The highest BCUT2D eigenvalue weighted by molar-refractivity contribution is 5.78. The van der Waals surface area contributed by atoms with Crippen molar-refractivity contribution < 1.29 is 4.42 Å². The van der Waals surface area contributed by atoms with Crippen molar-refractivity contribution in [2.45, 2.75) is 45.8 Å². The number of rotatable bonds is 5. The van der Waals surface area contributed by atoms with Gasteiger partial charge in [-0.15, -0.1) is 0 Å². The molecule has 2 aliphatic heterocycles. The molecule has 0 amide bonds. The maximum atomic E-state index is 11.5. The van der Waals surface area contributed by atoms with Gasteiger partial charge in [0.25, 0.3) is 0 Å². The molecule has 1 saturated heterocycles. The first-order valence-corrected chi connectivity index (χ1v) is 12.4. The smallest absolute Gasteiger partial charge is 0.408 e. The lowest BCUT2D eigenvalue weighted by molar-refractivity contribution is 0.131. The number of fused-ring (bicyclic) bond motifs is 2. The van der Waals surface area contributed by atoms with E-state index in [2.05, 4.69) is 63.7 Å². The van der Waals surface area contributed by atoms with Crippen LogP contribution >= 0.6 is 0 Å². The predicted octanol–water partition coefficient (Wildman–Crippen LogP) is 4.72. The van der Waals surface area contributed by atoms with Gasteiger partial charge in [0.05, 0.1) is 11.2 Å². The van der Waals surface area contributed by atoms with Crippen LogP contribution in [0.2, 0.25) is 0 Å². The predicted molar refractivity (Wildman–Crippen MR) is 141 cm³/mol. The molecule has 0 unspecified atom stereocenters. The zero-order chi connectivity index (χ0) is 24.8. The lowest BCUT2D eigenvalue weighted by atomic mass is 10.0. The molecule has 0 bridgehead atoms. The summed E-state index contributed by atoms with van der Waals surface area (Å²) in [5.41, 5.74) is 9.05. The minimum atomic E-state index is -0.432. The normalized spacial score (nSPS) is 16.4. The lowest BCUT2D eigenvalue weighted by Crippen LogP contribution is -2.42. The van der Waals surface area contributed by atoms with Crippen LogP contribution in [0, 0.1) is 13.8 Å². The van der Waals surface area contributed by atoms with Gasteiger partial charge in [-0.25, -0.2) is 14.8 Å². The summed E-state index contributed by atoms with van der Waals surface area (Å²) in [6.07, 6.45) is 4.11. The Balaban J connectivity index is 1.08. The quantitative estimate of drug-likeness (QED) is 0.425. The molecule has 8 nitrogen and oxygen atoms in total. The van der Waals surface area contributed by atoms with Crippen molar-refractivity contribution in [1.82, 2.24) is 24.8 Å². The molecule has 0 aliphatic carbocycles. The SMILES string of the molecule is C=C(c1ccc2oc(=O)[nH]c2c1)N1CCC(N2Cc3cnc(Nc4cc(C)cc(C)c4)nc3C2)CC1. The third kappa shape index (κ3) is 4.40. The molecule has 1 fully saturated rings. The Hall–Kier alpha value is -3.91. The number of hydrogen-bond donors (Lipinski definition) is 2. The largest absolute Gasteiger partial charge is 0.417 e. The molecule has 0 saturated carbocycles. The monoisotopic (exact) mass is 482 g/mol. The van der Waals surface area contributed by atoms with E-state index < -0.39 is 5.76 Å². The van der Waals surface area contributed by atoms with Crippen LogP contribution < -0.4 is 11.1 Å². The molecule has 4 aromatic rings. The fraction of sp³-hybridized carbons (Fsp3) is 0.321. The molecule has 2 aliphatic rings. The summed E-state index contributed by atoms with van der Waals surface area (Å²) in [5, 5.41) is 3.37. The Morgan fingerprint density at radius 2 is 1.89 bits per heavy atom. The van der Waals surface area contributed by atoms with Gasteiger partial charge in [0.15, 0.2) is 5.58 Å². The molecule has 4 heterocycles. The molecule has 184 valence electrons. The number of anilines is 2. The second-order valence-electron chi connectivity index (χ2n) is 9.96. The van der Waals surface area contributed by atoms with Crippen LogP contribution in [-0.4, -0.2) is 43.9 Å². The molecule has 36 heavy (non-hydrogen) atoms.